The summed E-state index contributed by atoms with van der Waals surface area (Å²) in [6.45, 7) is 1.91. The number of unbranched alkanes of at least 4 members (excludes halogenated alkanes) is 2. The van der Waals surface area contributed by atoms with E-state index in [1.807, 2.05) is 36.4 Å². The first-order chi connectivity index (χ1) is 16.9. The van der Waals surface area contributed by atoms with Crippen LogP contribution in [0, 0.1) is 11.3 Å². The van der Waals surface area contributed by atoms with E-state index in [1.165, 1.54) is 0 Å². The van der Waals surface area contributed by atoms with Crippen molar-refractivity contribution < 1.29 is 24.2 Å². The summed E-state index contributed by atoms with van der Waals surface area (Å²) in [6.07, 6.45) is 1.37. The number of nitrogens with one attached hydrogen (secondary N) is 2. The van der Waals surface area contributed by atoms with Gasteiger partial charge in [-0.1, -0.05) is 55.5 Å². The first-order valence-electron chi connectivity index (χ1n) is 11.9. The summed E-state index contributed by atoms with van der Waals surface area (Å²) >= 11 is 0. The number of hydrogen-bond acceptors (Lipinski definition) is 5. The molecule has 0 fully saturated rings. The molecule has 2 amide bonds. The van der Waals surface area contributed by atoms with Crippen LogP contribution in [0.3, 0.4) is 0 Å². The van der Waals surface area contributed by atoms with Crippen LogP contribution in [0.4, 0.5) is 4.79 Å². The lowest BCUT2D eigenvalue weighted by atomic mass is 9.98. The molecule has 0 bridgehead atoms. The quantitative estimate of drug-likeness (QED) is 0.390. The van der Waals surface area contributed by atoms with Gasteiger partial charge in [0.2, 0.25) is 5.91 Å². The molecule has 1 unspecified atom stereocenters. The molecule has 0 saturated carbocycles. The highest BCUT2D eigenvalue weighted by Gasteiger charge is 2.30. The number of carbonyl (C=O) groups is 3. The largest absolute Gasteiger partial charge is 0.481 e. The summed E-state index contributed by atoms with van der Waals surface area (Å²) in [7, 11) is 0. The maximum absolute atomic E-state index is 12.8. The Bertz CT molecular complexity index is 1050. The number of benzene rings is 2. The Morgan fingerprint density at radius 2 is 1.66 bits per heavy atom. The normalized spacial score (nSPS) is 13.6. The lowest BCUT2D eigenvalue weighted by Crippen LogP contribution is -2.50. The number of rotatable bonds is 12. The van der Waals surface area contributed by atoms with Gasteiger partial charge in [0.1, 0.15) is 12.6 Å². The van der Waals surface area contributed by atoms with Gasteiger partial charge in [-0.2, -0.15) is 5.26 Å². The minimum atomic E-state index is -1.01. The van der Waals surface area contributed by atoms with Gasteiger partial charge in [-0.25, -0.2) is 4.79 Å². The standard InChI is InChI=1S/C27H31N3O5/c1-2-18(16-25(31)32)29-26(33)24(14-4-3-9-15-28)30-27(34)35-17-23-21-12-7-5-10-19(21)20-11-6-8-13-22(20)23/h5-8,10-13,18,23-24H,2-4,9,14,16-17H2,1H3,(H,29,33)(H,30,34)(H,31,32)/t18-,24?/m1/s1. The molecule has 1 aliphatic rings. The molecule has 2 atom stereocenters. The number of hydrogen-bond donors (Lipinski definition) is 3. The fourth-order valence-corrected chi connectivity index (χ4v) is 4.41. The topological polar surface area (TPSA) is 129 Å². The summed E-state index contributed by atoms with van der Waals surface area (Å²) < 4.78 is 5.57. The zero-order chi connectivity index (χ0) is 25.2. The number of ether oxygens (including phenoxy) is 1. The average Bonchev–Trinajstić information content (AvgIpc) is 3.17. The molecule has 3 rings (SSSR count). The second-order valence-corrected chi connectivity index (χ2v) is 8.64. The minimum Gasteiger partial charge on any atom is -0.481 e. The maximum Gasteiger partial charge on any atom is 0.407 e. The smallest absolute Gasteiger partial charge is 0.407 e. The highest BCUT2D eigenvalue weighted by atomic mass is 16.5. The third-order valence-corrected chi connectivity index (χ3v) is 6.24. The van der Waals surface area contributed by atoms with Crippen molar-refractivity contribution in [2.75, 3.05) is 6.61 Å². The summed E-state index contributed by atoms with van der Waals surface area (Å²) in [4.78, 5) is 36.6. The summed E-state index contributed by atoms with van der Waals surface area (Å²) in [5, 5.41) is 23.2. The molecule has 8 nitrogen and oxygen atoms in total. The summed E-state index contributed by atoms with van der Waals surface area (Å²) in [5.41, 5.74) is 4.42. The van der Waals surface area contributed by atoms with Crippen molar-refractivity contribution in [2.24, 2.45) is 0 Å². The van der Waals surface area contributed by atoms with Crippen molar-refractivity contribution >= 4 is 18.0 Å². The highest BCUT2D eigenvalue weighted by molar-refractivity contribution is 5.86. The number of carboxylic acids is 1. The van der Waals surface area contributed by atoms with Gasteiger partial charge in [-0.05, 0) is 47.9 Å². The van der Waals surface area contributed by atoms with E-state index >= 15 is 0 Å². The molecule has 3 N–H and O–H groups in total. The van der Waals surface area contributed by atoms with Crippen molar-refractivity contribution in [3.8, 4) is 17.2 Å². The highest BCUT2D eigenvalue weighted by Crippen LogP contribution is 2.44. The zero-order valence-electron chi connectivity index (χ0n) is 19.8. The lowest BCUT2D eigenvalue weighted by Gasteiger charge is -2.22. The number of alkyl carbamates (subject to hydrolysis) is 1. The predicted octanol–water partition coefficient (Wildman–Crippen LogP) is 4.35. The molecule has 2 aromatic rings. The molecule has 0 spiro atoms. The number of fused-ring (bicyclic) bond motifs is 3. The van der Waals surface area contributed by atoms with E-state index in [-0.39, 0.29) is 18.9 Å². The summed E-state index contributed by atoms with van der Waals surface area (Å²) in [5.74, 6) is -1.56. The van der Waals surface area contributed by atoms with Crippen molar-refractivity contribution in [3.63, 3.8) is 0 Å². The van der Waals surface area contributed by atoms with Gasteiger partial charge >= 0.3 is 12.1 Å². The van der Waals surface area contributed by atoms with Crippen molar-refractivity contribution in [1.82, 2.24) is 10.6 Å². The van der Waals surface area contributed by atoms with Crippen molar-refractivity contribution in [1.29, 1.82) is 5.26 Å². The number of aliphatic carboxylic acids is 1. The second kappa shape index (κ2) is 12.6. The van der Waals surface area contributed by atoms with Crippen LogP contribution >= 0.6 is 0 Å². The molecule has 0 aliphatic heterocycles. The van der Waals surface area contributed by atoms with Crippen molar-refractivity contribution in [2.45, 2.75) is 63.5 Å². The molecule has 2 aromatic carbocycles. The van der Waals surface area contributed by atoms with Gasteiger partial charge in [0.05, 0.1) is 12.5 Å². The van der Waals surface area contributed by atoms with Crippen LogP contribution in [0.15, 0.2) is 48.5 Å². The van der Waals surface area contributed by atoms with E-state index in [0.717, 1.165) is 22.3 Å². The van der Waals surface area contributed by atoms with E-state index in [4.69, 9.17) is 15.1 Å². The minimum absolute atomic E-state index is 0.101. The summed E-state index contributed by atoms with van der Waals surface area (Å²) in [6, 6.07) is 16.7. The van der Waals surface area contributed by atoms with Crippen LogP contribution in [0.5, 0.6) is 0 Å². The zero-order valence-corrected chi connectivity index (χ0v) is 19.8. The molecule has 8 heteroatoms. The molecular weight excluding hydrogens is 446 g/mol. The monoisotopic (exact) mass is 477 g/mol. The van der Waals surface area contributed by atoms with Gasteiger partial charge in [0, 0.05) is 18.4 Å². The number of nitriles is 1. The van der Waals surface area contributed by atoms with E-state index in [0.29, 0.717) is 32.1 Å². The molecule has 0 heterocycles. The lowest BCUT2D eigenvalue weighted by molar-refractivity contribution is -0.137. The molecule has 1 aliphatic carbocycles. The number of nitrogens with zero attached hydrogens (tertiary/aromatic N) is 1. The number of carbonyl (C=O) groups excluding carboxylic acids is 2. The predicted molar refractivity (Wildman–Crippen MR) is 131 cm³/mol. The van der Waals surface area contributed by atoms with Crippen LogP contribution in [-0.4, -0.2) is 41.8 Å². The molecule has 0 saturated heterocycles. The molecule has 0 radical (unpaired) electrons. The molecule has 0 aromatic heterocycles. The van der Waals surface area contributed by atoms with Gasteiger partial charge in [0.25, 0.3) is 0 Å². The number of amides is 2. The Hall–Kier alpha value is -3.86. The van der Waals surface area contributed by atoms with Crippen LogP contribution < -0.4 is 10.6 Å². The van der Waals surface area contributed by atoms with Gasteiger partial charge in [-0.3, -0.25) is 9.59 Å². The first-order valence-corrected chi connectivity index (χ1v) is 11.9. The Balaban J connectivity index is 1.64. The van der Waals surface area contributed by atoms with Crippen LogP contribution in [0.1, 0.15) is 62.5 Å². The number of carboxylic acid groups (broad SMARTS) is 1. The van der Waals surface area contributed by atoms with Gasteiger partial charge in [0.15, 0.2) is 0 Å². The van der Waals surface area contributed by atoms with E-state index in [9.17, 15) is 14.4 Å². The van der Waals surface area contributed by atoms with Crippen LogP contribution in [0.2, 0.25) is 0 Å². The van der Waals surface area contributed by atoms with Crippen LogP contribution in [0.25, 0.3) is 11.1 Å². The first kappa shape index (κ1) is 25.8. The Kier molecular flexibility index (Phi) is 9.24. The Morgan fingerprint density at radius 1 is 1.03 bits per heavy atom. The van der Waals surface area contributed by atoms with Gasteiger partial charge < -0.3 is 20.5 Å². The Labute approximate surface area is 205 Å². The molecule has 35 heavy (non-hydrogen) atoms. The average molecular weight is 478 g/mol. The second-order valence-electron chi connectivity index (χ2n) is 8.64. The third kappa shape index (κ3) is 6.82. The SMILES string of the molecule is CC[C@H](CC(=O)O)NC(=O)C(CCCCC#N)NC(=O)OCC1c2ccccc2-c2ccccc21. The molecular formula is C27H31N3O5. The Morgan fingerprint density at radius 3 is 2.23 bits per heavy atom. The fraction of sp³-hybridized carbons (Fsp3) is 0.407. The third-order valence-electron chi connectivity index (χ3n) is 6.24. The molecule has 184 valence electrons. The maximum atomic E-state index is 12.8. The van der Waals surface area contributed by atoms with Crippen molar-refractivity contribution in [3.05, 3.63) is 59.7 Å². The fourth-order valence-electron chi connectivity index (χ4n) is 4.41. The van der Waals surface area contributed by atoms with Gasteiger partial charge in [-0.15, -0.1) is 0 Å². The van der Waals surface area contributed by atoms with E-state index in [2.05, 4.69) is 28.8 Å². The van der Waals surface area contributed by atoms with E-state index < -0.39 is 30.1 Å². The van der Waals surface area contributed by atoms with E-state index in [1.54, 1.807) is 6.92 Å². The van der Waals surface area contributed by atoms with Crippen LogP contribution in [-0.2, 0) is 14.3 Å².